The van der Waals surface area contributed by atoms with Gasteiger partial charge in [-0.05, 0) is 92.6 Å². The van der Waals surface area contributed by atoms with Gasteiger partial charge in [-0.3, -0.25) is 0 Å². The zero-order valence-corrected chi connectivity index (χ0v) is 20.3. The lowest BCUT2D eigenvalue weighted by atomic mass is 9.63. The lowest BCUT2D eigenvalue weighted by molar-refractivity contribution is -0.137. The molecule has 0 aromatic heterocycles. The van der Waals surface area contributed by atoms with Gasteiger partial charge in [0.1, 0.15) is 0 Å². The summed E-state index contributed by atoms with van der Waals surface area (Å²) in [5.41, 5.74) is 3.52. The summed E-state index contributed by atoms with van der Waals surface area (Å²) < 4.78 is 39.8. The highest BCUT2D eigenvalue weighted by Gasteiger charge is 2.37. The van der Waals surface area contributed by atoms with Gasteiger partial charge >= 0.3 is 12.1 Å². The Balaban J connectivity index is 1.85. The molecule has 35 heavy (non-hydrogen) atoms. The molecule has 182 valence electrons. The number of carboxylic acids is 1. The Morgan fingerprint density at radius 1 is 0.857 bits per heavy atom. The number of carbonyl (C=O) groups is 1. The van der Waals surface area contributed by atoms with Gasteiger partial charge in [0.15, 0.2) is 0 Å². The lowest BCUT2D eigenvalue weighted by Crippen LogP contribution is -2.33. The molecule has 1 N–H and O–H groups in total. The SMILES string of the molecule is CC1(C)CCC(C)(C)c2cc3cc(/C=C(/C=C/C(=O)O)c4cccc(C(F)(F)F)c4)ccc3cc21. The van der Waals surface area contributed by atoms with Crippen LogP contribution in [0.2, 0.25) is 0 Å². The Kier molecular flexibility index (Phi) is 6.16. The van der Waals surface area contributed by atoms with Crippen LogP contribution in [0.3, 0.4) is 0 Å². The first-order valence-corrected chi connectivity index (χ1v) is 11.7. The van der Waals surface area contributed by atoms with Gasteiger partial charge in [-0.2, -0.15) is 13.2 Å². The topological polar surface area (TPSA) is 37.3 Å². The van der Waals surface area contributed by atoms with Crippen LogP contribution in [-0.4, -0.2) is 11.1 Å². The highest BCUT2D eigenvalue weighted by molar-refractivity contribution is 5.94. The first kappa shape index (κ1) is 24.8. The molecule has 0 aliphatic heterocycles. The Morgan fingerprint density at radius 3 is 2.09 bits per heavy atom. The maximum absolute atomic E-state index is 13.3. The third kappa shape index (κ3) is 5.19. The fourth-order valence-electron chi connectivity index (χ4n) is 4.86. The number of aliphatic carboxylic acids is 1. The van der Waals surface area contributed by atoms with Gasteiger partial charge in [0, 0.05) is 6.08 Å². The van der Waals surface area contributed by atoms with Crippen LogP contribution in [-0.2, 0) is 21.8 Å². The van der Waals surface area contributed by atoms with E-state index in [1.807, 2.05) is 18.2 Å². The highest BCUT2D eigenvalue weighted by atomic mass is 19.4. The summed E-state index contributed by atoms with van der Waals surface area (Å²) in [6, 6.07) is 15.4. The molecule has 0 spiro atoms. The zero-order valence-electron chi connectivity index (χ0n) is 20.3. The number of allylic oxidation sites excluding steroid dienone is 2. The van der Waals surface area contributed by atoms with E-state index < -0.39 is 17.7 Å². The van der Waals surface area contributed by atoms with Crippen molar-refractivity contribution in [3.05, 3.63) is 94.6 Å². The Hall–Kier alpha value is -3.34. The molecule has 5 heteroatoms. The van der Waals surface area contributed by atoms with Crippen LogP contribution in [0.1, 0.15) is 68.4 Å². The summed E-state index contributed by atoms with van der Waals surface area (Å²) in [5.74, 6) is -1.17. The number of alkyl halides is 3. The summed E-state index contributed by atoms with van der Waals surface area (Å²) in [6.07, 6.45) is 1.73. The number of rotatable bonds is 4. The highest BCUT2D eigenvalue weighted by Crippen LogP contribution is 2.47. The third-order valence-corrected chi connectivity index (χ3v) is 7.08. The molecule has 0 radical (unpaired) electrons. The summed E-state index contributed by atoms with van der Waals surface area (Å²) in [4.78, 5) is 11.1. The van der Waals surface area contributed by atoms with Gasteiger partial charge in [-0.15, -0.1) is 0 Å². The van der Waals surface area contributed by atoms with Crippen molar-refractivity contribution in [1.82, 2.24) is 0 Å². The minimum absolute atomic E-state index is 0.0539. The fourth-order valence-corrected chi connectivity index (χ4v) is 4.86. The minimum Gasteiger partial charge on any atom is -0.478 e. The van der Waals surface area contributed by atoms with Crippen molar-refractivity contribution in [1.29, 1.82) is 0 Å². The van der Waals surface area contributed by atoms with E-state index in [9.17, 15) is 18.0 Å². The molecule has 0 amide bonds. The average Bonchev–Trinajstić information content (AvgIpc) is 2.78. The second-order valence-electron chi connectivity index (χ2n) is 10.6. The average molecular weight is 479 g/mol. The molecule has 0 bridgehead atoms. The van der Waals surface area contributed by atoms with Gasteiger partial charge in [0.2, 0.25) is 0 Å². The number of hydrogen-bond acceptors (Lipinski definition) is 1. The van der Waals surface area contributed by atoms with E-state index in [-0.39, 0.29) is 10.8 Å². The number of halogens is 3. The van der Waals surface area contributed by atoms with Crippen LogP contribution in [0.15, 0.2) is 66.7 Å². The Bertz CT molecular complexity index is 1360. The molecule has 4 rings (SSSR count). The second-order valence-corrected chi connectivity index (χ2v) is 10.6. The van der Waals surface area contributed by atoms with Crippen LogP contribution in [0.4, 0.5) is 13.2 Å². The van der Waals surface area contributed by atoms with E-state index in [0.717, 1.165) is 47.4 Å². The van der Waals surface area contributed by atoms with E-state index in [4.69, 9.17) is 5.11 Å². The van der Waals surface area contributed by atoms with Crippen LogP contribution >= 0.6 is 0 Å². The monoisotopic (exact) mass is 478 g/mol. The lowest BCUT2D eigenvalue weighted by Gasteiger charge is -2.42. The number of fused-ring (bicyclic) bond motifs is 2. The predicted molar refractivity (Wildman–Crippen MR) is 135 cm³/mol. The molecule has 1 aliphatic rings. The minimum atomic E-state index is -4.49. The van der Waals surface area contributed by atoms with Crippen molar-refractivity contribution >= 4 is 28.4 Å². The van der Waals surface area contributed by atoms with Crippen LogP contribution in [0.25, 0.3) is 22.4 Å². The van der Waals surface area contributed by atoms with Gasteiger partial charge in [-0.25, -0.2) is 4.79 Å². The predicted octanol–water partition coefficient (Wildman–Crippen LogP) is 8.39. The van der Waals surface area contributed by atoms with E-state index in [0.29, 0.717) is 11.1 Å². The largest absolute Gasteiger partial charge is 0.478 e. The molecule has 0 fully saturated rings. The van der Waals surface area contributed by atoms with Gasteiger partial charge in [-0.1, -0.05) is 64.1 Å². The molecule has 0 atom stereocenters. The molecule has 0 saturated carbocycles. The van der Waals surface area contributed by atoms with Crippen molar-refractivity contribution < 1.29 is 23.1 Å². The summed E-state index contributed by atoms with van der Waals surface area (Å²) >= 11 is 0. The van der Waals surface area contributed by atoms with Crippen LogP contribution < -0.4 is 0 Å². The Morgan fingerprint density at radius 2 is 1.49 bits per heavy atom. The maximum atomic E-state index is 13.3. The summed E-state index contributed by atoms with van der Waals surface area (Å²) in [6.45, 7) is 9.08. The van der Waals surface area contributed by atoms with E-state index in [1.165, 1.54) is 23.3 Å². The second kappa shape index (κ2) is 8.71. The van der Waals surface area contributed by atoms with Gasteiger partial charge in [0.25, 0.3) is 0 Å². The van der Waals surface area contributed by atoms with Crippen molar-refractivity contribution in [2.24, 2.45) is 0 Å². The Labute approximate surface area is 203 Å². The number of carboxylic acid groups (broad SMARTS) is 1. The summed E-state index contributed by atoms with van der Waals surface area (Å²) in [7, 11) is 0. The molecular weight excluding hydrogens is 449 g/mol. The first-order chi connectivity index (χ1) is 16.3. The third-order valence-electron chi connectivity index (χ3n) is 7.08. The van der Waals surface area contributed by atoms with Gasteiger partial charge < -0.3 is 5.11 Å². The summed E-state index contributed by atoms with van der Waals surface area (Å²) in [5, 5.41) is 11.3. The molecular formula is C30H29F3O2. The molecule has 3 aromatic rings. The molecule has 3 aromatic carbocycles. The van der Waals surface area contributed by atoms with E-state index in [2.05, 4.69) is 39.8 Å². The van der Waals surface area contributed by atoms with Crippen LogP contribution in [0, 0.1) is 0 Å². The normalized spacial score (nSPS) is 17.5. The smallest absolute Gasteiger partial charge is 0.416 e. The van der Waals surface area contributed by atoms with E-state index >= 15 is 0 Å². The molecule has 0 unspecified atom stereocenters. The van der Waals surface area contributed by atoms with Crippen molar-refractivity contribution in [2.75, 3.05) is 0 Å². The quantitative estimate of drug-likeness (QED) is 0.232. The van der Waals surface area contributed by atoms with Gasteiger partial charge in [0.05, 0.1) is 5.56 Å². The molecule has 0 saturated heterocycles. The first-order valence-electron chi connectivity index (χ1n) is 11.7. The van der Waals surface area contributed by atoms with Crippen molar-refractivity contribution in [3.63, 3.8) is 0 Å². The van der Waals surface area contributed by atoms with E-state index in [1.54, 1.807) is 12.1 Å². The standard InChI is InChI=1S/C30H29F3O2/c1-28(2)12-13-29(3,4)26-18-23-15-19(8-9-22(23)17-25(26)28)14-21(10-11-27(34)35)20-6-5-7-24(16-20)30(31,32)33/h5-11,14-18H,12-13H2,1-4H3,(H,34,35)/b11-10+,21-14-. The van der Waals surface area contributed by atoms with Crippen LogP contribution in [0.5, 0.6) is 0 Å². The van der Waals surface area contributed by atoms with Crippen molar-refractivity contribution in [3.8, 4) is 0 Å². The molecule has 1 aliphatic carbocycles. The fraction of sp³-hybridized carbons (Fsp3) is 0.300. The number of benzene rings is 3. The molecule has 2 nitrogen and oxygen atoms in total. The molecule has 0 heterocycles. The zero-order chi connectivity index (χ0) is 25.6. The van der Waals surface area contributed by atoms with Crippen molar-refractivity contribution in [2.45, 2.75) is 57.5 Å². The number of hydrogen-bond donors (Lipinski definition) is 1. The maximum Gasteiger partial charge on any atom is 0.416 e.